The molecule has 0 aliphatic heterocycles. The average Bonchev–Trinajstić information content (AvgIpc) is 1.89. The molecule has 0 fully saturated rings. The lowest BCUT2D eigenvalue weighted by Crippen LogP contribution is -1.62. The lowest BCUT2D eigenvalue weighted by molar-refractivity contribution is 1.22. The number of alkyl halides is 1. The summed E-state index contributed by atoms with van der Waals surface area (Å²) in [4.78, 5) is 0. The topological polar surface area (TPSA) is 0 Å². The summed E-state index contributed by atoms with van der Waals surface area (Å²) in [6.45, 7) is 2.13. The maximum Gasteiger partial charge on any atom is 0.00660 e. The van der Waals surface area contributed by atoms with Gasteiger partial charge in [-0.15, -0.1) is 0 Å². The number of allylic oxidation sites excluding steroid dienone is 4. The maximum absolute atomic E-state index is 3.34. The quantitative estimate of drug-likeness (QED) is 0.470. The van der Waals surface area contributed by atoms with E-state index in [0.29, 0.717) is 0 Å². The summed E-state index contributed by atoms with van der Waals surface area (Å²) in [6, 6.07) is 0. The number of halogens is 1. The summed E-state index contributed by atoms with van der Waals surface area (Å²) in [6.07, 6.45) is 10.7. The highest BCUT2D eigenvalue weighted by Crippen LogP contribution is 1.89. The maximum atomic E-state index is 3.34. The molecule has 0 N–H and O–H groups in total. The second-order valence-corrected chi connectivity index (χ2v) is 2.54. The molecule has 0 saturated heterocycles. The molecule has 0 aliphatic rings. The van der Waals surface area contributed by atoms with E-state index in [1.165, 1.54) is 0 Å². The van der Waals surface area contributed by atoms with E-state index in [4.69, 9.17) is 0 Å². The summed E-state index contributed by atoms with van der Waals surface area (Å²) in [5, 5.41) is 1.06. The summed E-state index contributed by atoms with van der Waals surface area (Å²) in [5.74, 6) is 0. The molecule has 0 spiro atoms. The zero-order valence-corrected chi connectivity index (χ0v) is 7.39. The first-order valence-electron chi connectivity index (χ1n) is 3.29. The van der Waals surface area contributed by atoms with Crippen molar-refractivity contribution < 1.29 is 0 Å². The minimum absolute atomic E-state index is 1.06. The van der Waals surface area contributed by atoms with Crippen molar-refractivity contribution in [3.8, 4) is 0 Å². The van der Waals surface area contributed by atoms with Crippen molar-refractivity contribution in [2.45, 2.75) is 19.8 Å². The Balaban J connectivity index is 3.13. The van der Waals surface area contributed by atoms with Crippen LogP contribution in [-0.2, 0) is 0 Å². The Hall–Kier alpha value is -0.0400. The van der Waals surface area contributed by atoms with E-state index >= 15 is 0 Å². The lowest BCUT2D eigenvalue weighted by atomic mass is 10.3. The predicted molar refractivity (Wildman–Crippen MR) is 47.0 cm³/mol. The predicted octanol–water partition coefficient (Wildman–Crippen LogP) is 3.29. The van der Waals surface area contributed by atoms with Crippen molar-refractivity contribution in [2.75, 3.05) is 5.33 Å². The molecule has 0 rings (SSSR count). The first-order valence-corrected chi connectivity index (χ1v) is 4.41. The van der Waals surface area contributed by atoms with Crippen molar-refractivity contribution in [1.29, 1.82) is 0 Å². The van der Waals surface area contributed by atoms with Gasteiger partial charge in [0.2, 0.25) is 0 Å². The van der Waals surface area contributed by atoms with Crippen molar-refractivity contribution in [2.24, 2.45) is 0 Å². The monoisotopic (exact) mass is 188 g/mol. The van der Waals surface area contributed by atoms with Gasteiger partial charge in [0.05, 0.1) is 0 Å². The van der Waals surface area contributed by atoms with Crippen LogP contribution in [0.3, 0.4) is 0 Å². The molecule has 0 heterocycles. The van der Waals surface area contributed by atoms with E-state index in [0.717, 1.165) is 18.2 Å². The molecule has 0 saturated carbocycles. The molecular weight excluding hydrogens is 176 g/mol. The Kier molecular flexibility index (Phi) is 7.92. The molecule has 0 aliphatic carbocycles. The number of hydrogen-bond acceptors (Lipinski definition) is 0. The second-order valence-electron chi connectivity index (χ2n) is 1.74. The largest absolute Gasteiger partial charge is 0.0925 e. The average molecular weight is 189 g/mol. The summed E-state index contributed by atoms with van der Waals surface area (Å²) < 4.78 is 0. The molecular formula is C8H13Br. The Bertz CT molecular complexity index is 92.7. The van der Waals surface area contributed by atoms with Crippen molar-refractivity contribution in [3.05, 3.63) is 24.3 Å². The van der Waals surface area contributed by atoms with Gasteiger partial charge < -0.3 is 0 Å². The van der Waals surface area contributed by atoms with Crippen LogP contribution >= 0.6 is 15.9 Å². The van der Waals surface area contributed by atoms with E-state index < -0.39 is 0 Å². The van der Waals surface area contributed by atoms with Crippen molar-refractivity contribution in [1.82, 2.24) is 0 Å². The SMILES string of the molecule is CC/C=C/C=C\CCBr. The van der Waals surface area contributed by atoms with Gasteiger partial charge in [-0.3, -0.25) is 0 Å². The number of hydrogen-bond donors (Lipinski definition) is 0. The second kappa shape index (κ2) is 7.96. The molecule has 0 bridgehead atoms. The molecule has 0 aromatic heterocycles. The zero-order valence-electron chi connectivity index (χ0n) is 5.81. The van der Waals surface area contributed by atoms with Gasteiger partial charge in [0, 0.05) is 5.33 Å². The first-order chi connectivity index (χ1) is 4.41. The Morgan fingerprint density at radius 2 is 1.89 bits per heavy atom. The van der Waals surface area contributed by atoms with E-state index in [1.807, 2.05) is 0 Å². The minimum Gasteiger partial charge on any atom is -0.0925 e. The highest BCUT2D eigenvalue weighted by atomic mass is 79.9. The molecule has 0 unspecified atom stereocenters. The molecule has 0 nitrogen and oxygen atoms in total. The molecule has 0 aromatic carbocycles. The van der Waals surface area contributed by atoms with E-state index in [9.17, 15) is 0 Å². The van der Waals surface area contributed by atoms with Crippen LogP contribution in [0.15, 0.2) is 24.3 Å². The van der Waals surface area contributed by atoms with Gasteiger partial charge in [-0.2, -0.15) is 0 Å². The summed E-state index contributed by atoms with van der Waals surface area (Å²) in [7, 11) is 0. The van der Waals surface area contributed by atoms with Gasteiger partial charge in [0.25, 0.3) is 0 Å². The third-order valence-corrected chi connectivity index (χ3v) is 1.35. The van der Waals surface area contributed by atoms with Crippen LogP contribution in [0.1, 0.15) is 19.8 Å². The minimum atomic E-state index is 1.06. The smallest absolute Gasteiger partial charge is 0.00660 e. The highest BCUT2D eigenvalue weighted by molar-refractivity contribution is 9.09. The van der Waals surface area contributed by atoms with Gasteiger partial charge in [0.15, 0.2) is 0 Å². The zero-order chi connectivity index (χ0) is 6.95. The van der Waals surface area contributed by atoms with Gasteiger partial charge in [-0.1, -0.05) is 47.2 Å². The van der Waals surface area contributed by atoms with Crippen LogP contribution < -0.4 is 0 Å². The molecule has 9 heavy (non-hydrogen) atoms. The van der Waals surface area contributed by atoms with Gasteiger partial charge in [-0.25, -0.2) is 0 Å². The van der Waals surface area contributed by atoms with Crippen LogP contribution in [0.4, 0.5) is 0 Å². The van der Waals surface area contributed by atoms with E-state index in [1.54, 1.807) is 0 Å². The van der Waals surface area contributed by atoms with Crippen LogP contribution in [0, 0.1) is 0 Å². The van der Waals surface area contributed by atoms with Crippen LogP contribution in [0.25, 0.3) is 0 Å². The third-order valence-electron chi connectivity index (χ3n) is 0.895. The summed E-state index contributed by atoms with van der Waals surface area (Å²) in [5.41, 5.74) is 0. The molecule has 0 radical (unpaired) electrons. The Labute approximate surface area is 65.8 Å². The standard InChI is InChI=1S/C8H13Br/c1-2-3-4-5-6-7-8-9/h3-6H,2,7-8H2,1H3/b4-3+,6-5-. The normalized spacial score (nSPS) is 11.8. The fraction of sp³-hybridized carbons (Fsp3) is 0.500. The highest BCUT2D eigenvalue weighted by Gasteiger charge is 1.69. The lowest BCUT2D eigenvalue weighted by Gasteiger charge is -1.78. The molecule has 0 aromatic rings. The molecule has 0 atom stereocenters. The van der Waals surface area contributed by atoms with Crippen LogP contribution in [0.2, 0.25) is 0 Å². The molecule has 0 amide bonds. The van der Waals surface area contributed by atoms with Crippen LogP contribution in [-0.4, -0.2) is 5.33 Å². The summed E-state index contributed by atoms with van der Waals surface area (Å²) >= 11 is 3.34. The van der Waals surface area contributed by atoms with E-state index in [2.05, 4.69) is 47.2 Å². The van der Waals surface area contributed by atoms with E-state index in [-0.39, 0.29) is 0 Å². The van der Waals surface area contributed by atoms with Gasteiger partial charge in [0.1, 0.15) is 0 Å². The number of rotatable bonds is 4. The van der Waals surface area contributed by atoms with Crippen molar-refractivity contribution in [3.63, 3.8) is 0 Å². The van der Waals surface area contributed by atoms with Gasteiger partial charge in [-0.05, 0) is 12.8 Å². The Morgan fingerprint density at radius 1 is 1.22 bits per heavy atom. The molecule has 52 valence electrons. The fourth-order valence-electron chi connectivity index (χ4n) is 0.452. The van der Waals surface area contributed by atoms with Gasteiger partial charge >= 0.3 is 0 Å². The van der Waals surface area contributed by atoms with Crippen molar-refractivity contribution >= 4 is 15.9 Å². The third kappa shape index (κ3) is 7.96. The Morgan fingerprint density at radius 3 is 2.44 bits per heavy atom. The first kappa shape index (κ1) is 8.96. The van der Waals surface area contributed by atoms with Crippen LogP contribution in [0.5, 0.6) is 0 Å². The fourth-order valence-corrected chi connectivity index (χ4v) is 0.717. The molecule has 1 heteroatoms.